The van der Waals surface area contributed by atoms with Crippen molar-refractivity contribution in [3.63, 3.8) is 0 Å². The van der Waals surface area contributed by atoms with Crippen molar-refractivity contribution in [2.75, 3.05) is 38.2 Å². The molecule has 0 aliphatic carbocycles. The second-order valence-corrected chi connectivity index (χ2v) is 5.82. The second kappa shape index (κ2) is 7.04. The van der Waals surface area contributed by atoms with Gasteiger partial charge in [-0.1, -0.05) is 13.8 Å². The zero-order valence-corrected chi connectivity index (χ0v) is 13.3. The van der Waals surface area contributed by atoms with Gasteiger partial charge in [0.1, 0.15) is 0 Å². The molecule has 1 aromatic heterocycles. The molecule has 1 aliphatic heterocycles. The van der Waals surface area contributed by atoms with Crippen LogP contribution in [-0.2, 0) is 16.0 Å². The third kappa shape index (κ3) is 3.49. The smallest absolute Gasteiger partial charge is 0.311 e. The Hall–Kier alpha value is -1.14. The van der Waals surface area contributed by atoms with Crippen molar-refractivity contribution in [1.29, 1.82) is 0 Å². The van der Waals surface area contributed by atoms with Gasteiger partial charge >= 0.3 is 5.97 Å². The minimum Gasteiger partial charge on any atom is -0.469 e. The molecule has 0 aromatic carbocycles. The molecule has 0 spiro atoms. The standard InChI is InChI=1S/C14H23N3O2S/c1-4-16(5-2)12-6-7-17(9-12)14-15-11(10-20-14)8-13(18)19-3/h10,12H,4-9H2,1-3H3. The van der Waals surface area contributed by atoms with E-state index in [9.17, 15) is 4.79 Å². The molecular weight excluding hydrogens is 274 g/mol. The number of hydrogen-bond donors (Lipinski definition) is 0. The highest BCUT2D eigenvalue weighted by molar-refractivity contribution is 7.13. The maximum Gasteiger partial charge on any atom is 0.311 e. The normalized spacial score (nSPS) is 18.8. The highest BCUT2D eigenvalue weighted by Crippen LogP contribution is 2.26. The minimum absolute atomic E-state index is 0.232. The first kappa shape index (κ1) is 15.3. The lowest BCUT2D eigenvalue weighted by molar-refractivity contribution is -0.139. The molecule has 1 atom stereocenters. The van der Waals surface area contributed by atoms with E-state index in [4.69, 9.17) is 0 Å². The lowest BCUT2D eigenvalue weighted by atomic mass is 10.2. The zero-order valence-electron chi connectivity index (χ0n) is 12.5. The van der Waals surface area contributed by atoms with E-state index >= 15 is 0 Å². The Bertz CT molecular complexity index is 445. The van der Waals surface area contributed by atoms with E-state index in [1.165, 1.54) is 13.5 Å². The number of nitrogens with zero attached hydrogens (tertiary/aromatic N) is 3. The maximum absolute atomic E-state index is 11.3. The molecule has 2 rings (SSSR count). The topological polar surface area (TPSA) is 45.7 Å². The van der Waals surface area contributed by atoms with Gasteiger partial charge in [0.2, 0.25) is 0 Å². The average Bonchev–Trinajstić information content (AvgIpc) is 3.09. The minimum atomic E-state index is -0.232. The quantitative estimate of drug-likeness (QED) is 0.749. The molecule has 1 aromatic rings. The average molecular weight is 297 g/mol. The predicted molar refractivity (Wildman–Crippen MR) is 81.4 cm³/mol. The van der Waals surface area contributed by atoms with Crippen molar-refractivity contribution in [3.05, 3.63) is 11.1 Å². The Morgan fingerprint density at radius 1 is 1.55 bits per heavy atom. The van der Waals surface area contributed by atoms with Crippen LogP contribution >= 0.6 is 11.3 Å². The van der Waals surface area contributed by atoms with Crippen LogP contribution in [0.15, 0.2) is 5.38 Å². The summed E-state index contributed by atoms with van der Waals surface area (Å²) >= 11 is 1.62. The highest BCUT2D eigenvalue weighted by Gasteiger charge is 2.27. The van der Waals surface area contributed by atoms with E-state index in [0.29, 0.717) is 6.04 Å². The number of rotatable bonds is 6. The third-order valence-electron chi connectivity index (χ3n) is 3.86. The third-order valence-corrected chi connectivity index (χ3v) is 4.81. The molecule has 5 nitrogen and oxygen atoms in total. The van der Waals surface area contributed by atoms with Crippen LogP contribution in [-0.4, -0.2) is 55.2 Å². The van der Waals surface area contributed by atoms with Crippen molar-refractivity contribution in [3.8, 4) is 0 Å². The van der Waals surface area contributed by atoms with Crippen LogP contribution in [0.1, 0.15) is 26.0 Å². The van der Waals surface area contributed by atoms with E-state index in [0.717, 1.165) is 37.0 Å². The Morgan fingerprint density at radius 3 is 2.95 bits per heavy atom. The lowest BCUT2D eigenvalue weighted by Gasteiger charge is -2.25. The molecule has 2 heterocycles. The zero-order chi connectivity index (χ0) is 14.5. The van der Waals surface area contributed by atoms with Gasteiger partial charge in [0.05, 0.1) is 19.2 Å². The summed E-state index contributed by atoms with van der Waals surface area (Å²) in [6.45, 7) is 8.70. The number of ether oxygens (including phenoxy) is 1. The fourth-order valence-electron chi connectivity index (χ4n) is 2.70. The molecule has 0 amide bonds. The van der Waals surface area contributed by atoms with Gasteiger partial charge in [0.25, 0.3) is 0 Å². The van der Waals surface area contributed by atoms with Gasteiger partial charge < -0.3 is 9.64 Å². The number of hydrogen-bond acceptors (Lipinski definition) is 6. The van der Waals surface area contributed by atoms with Gasteiger partial charge in [0.15, 0.2) is 5.13 Å². The van der Waals surface area contributed by atoms with Gasteiger partial charge in [-0.05, 0) is 19.5 Å². The van der Waals surface area contributed by atoms with E-state index < -0.39 is 0 Å². The van der Waals surface area contributed by atoms with Crippen molar-refractivity contribution in [1.82, 2.24) is 9.88 Å². The van der Waals surface area contributed by atoms with Gasteiger partial charge in [-0.2, -0.15) is 0 Å². The first-order valence-electron chi connectivity index (χ1n) is 7.18. The number of likely N-dealkylation sites (N-methyl/N-ethyl adjacent to an activating group) is 1. The molecule has 1 unspecified atom stereocenters. The number of esters is 1. The number of aromatic nitrogens is 1. The number of methoxy groups -OCH3 is 1. The van der Waals surface area contributed by atoms with Crippen molar-refractivity contribution in [2.45, 2.75) is 32.7 Å². The van der Waals surface area contributed by atoms with Crippen LogP contribution in [0.2, 0.25) is 0 Å². The fraction of sp³-hybridized carbons (Fsp3) is 0.714. The second-order valence-electron chi connectivity index (χ2n) is 4.98. The summed E-state index contributed by atoms with van der Waals surface area (Å²) in [5.41, 5.74) is 0.808. The van der Waals surface area contributed by atoms with Gasteiger partial charge in [0, 0.05) is 24.5 Å². The van der Waals surface area contributed by atoms with Gasteiger partial charge in [-0.3, -0.25) is 9.69 Å². The molecule has 0 N–H and O–H groups in total. The largest absolute Gasteiger partial charge is 0.469 e. The number of thiazole rings is 1. The molecule has 0 saturated carbocycles. The summed E-state index contributed by atoms with van der Waals surface area (Å²) in [7, 11) is 1.41. The summed E-state index contributed by atoms with van der Waals surface area (Å²) in [6, 6.07) is 0.623. The van der Waals surface area contributed by atoms with Crippen molar-refractivity contribution in [2.24, 2.45) is 0 Å². The maximum atomic E-state index is 11.3. The SMILES string of the molecule is CCN(CC)C1CCN(c2nc(CC(=O)OC)cs2)C1. The molecular formula is C14H23N3O2S. The molecule has 0 radical (unpaired) electrons. The van der Waals surface area contributed by atoms with E-state index in [1.807, 2.05) is 5.38 Å². The predicted octanol–water partition coefficient (Wildman–Crippen LogP) is 1.78. The molecule has 1 aliphatic rings. The molecule has 1 fully saturated rings. The lowest BCUT2D eigenvalue weighted by Crippen LogP contribution is -2.37. The van der Waals surface area contributed by atoms with Gasteiger partial charge in [-0.25, -0.2) is 4.98 Å². The highest BCUT2D eigenvalue weighted by atomic mass is 32.1. The Kier molecular flexibility index (Phi) is 5.37. The first-order chi connectivity index (χ1) is 9.67. The number of carbonyl (C=O) groups is 1. The van der Waals surface area contributed by atoms with Crippen LogP contribution in [0.5, 0.6) is 0 Å². The molecule has 0 bridgehead atoms. The van der Waals surface area contributed by atoms with Crippen LogP contribution in [0.25, 0.3) is 0 Å². The Labute approximate surface area is 124 Å². The van der Waals surface area contributed by atoms with E-state index in [-0.39, 0.29) is 12.4 Å². The molecule has 6 heteroatoms. The molecule has 1 saturated heterocycles. The van der Waals surface area contributed by atoms with Crippen LogP contribution in [0.4, 0.5) is 5.13 Å². The fourth-order valence-corrected chi connectivity index (χ4v) is 3.56. The van der Waals surface area contributed by atoms with Crippen LogP contribution < -0.4 is 4.90 Å². The summed E-state index contributed by atoms with van der Waals surface area (Å²) in [4.78, 5) is 20.6. The van der Waals surface area contributed by atoms with Crippen molar-refractivity contribution < 1.29 is 9.53 Å². The summed E-state index contributed by atoms with van der Waals surface area (Å²) in [5.74, 6) is -0.232. The summed E-state index contributed by atoms with van der Waals surface area (Å²) in [6.07, 6.45) is 1.45. The number of carbonyl (C=O) groups excluding carboxylic acids is 1. The first-order valence-corrected chi connectivity index (χ1v) is 8.06. The summed E-state index contributed by atoms with van der Waals surface area (Å²) in [5, 5.41) is 2.98. The van der Waals surface area contributed by atoms with Crippen LogP contribution in [0, 0.1) is 0 Å². The molecule has 20 heavy (non-hydrogen) atoms. The Balaban J connectivity index is 1.95. The van der Waals surface area contributed by atoms with Crippen molar-refractivity contribution >= 4 is 22.4 Å². The van der Waals surface area contributed by atoms with E-state index in [2.05, 4.69) is 33.4 Å². The van der Waals surface area contributed by atoms with Gasteiger partial charge in [-0.15, -0.1) is 11.3 Å². The van der Waals surface area contributed by atoms with E-state index in [1.54, 1.807) is 11.3 Å². The molecule has 112 valence electrons. The van der Waals surface area contributed by atoms with Crippen LogP contribution in [0.3, 0.4) is 0 Å². The monoisotopic (exact) mass is 297 g/mol. The Morgan fingerprint density at radius 2 is 2.30 bits per heavy atom. The number of anilines is 1. The summed E-state index contributed by atoms with van der Waals surface area (Å²) < 4.78 is 4.67.